The van der Waals surface area contributed by atoms with Gasteiger partial charge in [0.15, 0.2) is 5.13 Å². The number of likely N-dealkylation sites (tertiary alicyclic amines) is 1. The van der Waals surface area contributed by atoms with Gasteiger partial charge in [-0.05, 0) is 37.8 Å². The zero-order valence-corrected chi connectivity index (χ0v) is 13.7. The fraction of sp³-hybridized carbons (Fsp3) is 0.600. The first-order valence-electron chi connectivity index (χ1n) is 7.43. The SMILES string of the molecule is CN=CC=C(N)CC1CCCN(Cc2cnc(NC)s2)C1. The standard InChI is InChI=1S/C15H25N5S/c1-17-6-5-13(16)8-12-4-3-7-20(10-12)11-14-9-19-15(18-2)21-14/h5-6,9,12H,3-4,7-8,10-11,16H2,1-2H3,(H,18,19). The van der Waals surface area contributed by atoms with Gasteiger partial charge in [0.2, 0.25) is 0 Å². The van der Waals surface area contributed by atoms with E-state index >= 15 is 0 Å². The van der Waals surface area contributed by atoms with Crippen LogP contribution in [0.5, 0.6) is 0 Å². The first-order chi connectivity index (χ1) is 10.2. The van der Waals surface area contributed by atoms with E-state index in [1.54, 1.807) is 24.6 Å². The summed E-state index contributed by atoms with van der Waals surface area (Å²) in [4.78, 5) is 12.1. The van der Waals surface area contributed by atoms with Gasteiger partial charge in [0.05, 0.1) is 0 Å². The number of allylic oxidation sites excluding steroid dienone is 2. The molecule has 21 heavy (non-hydrogen) atoms. The zero-order valence-electron chi connectivity index (χ0n) is 12.9. The molecular weight excluding hydrogens is 282 g/mol. The van der Waals surface area contributed by atoms with Crippen molar-refractivity contribution in [3.8, 4) is 0 Å². The number of nitrogens with zero attached hydrogens (tertiary/aromatic N) is 3. The summed E-state index contributed by atoms with van der Waals surface area (Å²) in [7, 11) is 3.68. The van der Waals surface area contributed by atoms with Crippen molar-refractivity contribution >= 4 is 22.7 Å². The zero-order chi connectivity index (χ0) is 15.1. The van der Waals surface area contributed by atoms with Gasteiger partial charge in [-0.25, -0.2) is 4.98 Å². The fourth-order valence-corrected chi connectivity index (χ4v) is 3.56. The summed E-state index contributed by atoms with van der Waals surface area (Å²) in [5.41, 5.74) is 6.98. The third kappa shape index (κ3) is 5.13. The molecule has 1 aromatic heterocycles. The van der Waals surface area contributed by atoms with Crippen LogP contribution in [0.3, 0.4) is 0 Å². The molecule has 0 radical (unpaired) electrons. The number of thiazole rings is 1. The third-order valence-electron chi connectivity index (χ3n) is 3.71. The maximum Gasteiger partial charge on any atom is 0.182 e. The molecular formula is C15H25N5S. The molecule has 0 saturated carbocycles. The molecule has 1 saturated heterocycles. The van der Waals surface area contributed by atoms with Crippen LogP contribution in [-0.2, 0) is 6.54 Å². The highest BCUT2D eigenvalue weighted by atomic mass is 32.1. The van der Waals surface area contributed by atoms with E-state index in [1.807, 2.05) is 19.3 Å². The normalized spacial score (nSPS) is 21.0. The van der Waals surface area contributed by atoms with E-state index in [1.165, 1.54) is 24.3 Å². The van der Waals surface area contributed by atoms with Gasteiger partial charge in [-0.15, -0.1) is 11.3 Å². The lowest BCUT2D eigenvalue weighted by atomic mass is 9.93. The minimum absolute atomic E-state index is 0.650. The molecule has 0 amide bonds. The Bertz CT molecular complexity index is 494. The maximum absolute atomic E-state index is 6.05. The number of nitrogens with two attached hydrogens (primary N) is 1. The van der Waals surface area contributed by atoms with Gasteiger partial charge in [-0.3, -0.25) is 9.89 Å². The molecule has 5 nitrogen and oxygen atoms in total. The molecule has 6 heteroatoms. The Labute approximate surface area is 131 Å². The van der Waals surface area contributed by atoms with Crippen molar-refractivity contribution in [1.82, 2.24) is 9.88 Å². The van der Waals surface area contributed by atoms with Gasteiger partial charge < -0.3 is 11.1 Å². The van der Waals surface area contributed by atoms with Crippen molar-refractivity contribution in [2.75, 3.05) is 32.5 Å². The molecule has 1 aliphatic heterocycles. The summed E-state index contributed by atoms with van der Waals surface area (Å²) in [5, 5.41) is 4.08. The van der Waals surface area contributed by atoms with Crippen molar-refractivity contribution in [2.24, 2.45) is 16.6 Å². The van der Waals surface area contributed by atoms with Gasteiger partial charge in [0.1, 0.15) is 0 Å². The molecule has 2 rings (SSSR count). The van der Waals surface area contributed by atoms with Gasteiger partial charge in [0.25, 0.3) is 0 Å². The molecule has 1 aromatic rings. The van der Waals surface area contributed by atoms with E-state index in [4.69, 9.17) is 5.73 Å². The molecule has 1 unspecified atom stereocenters. The number of hydrogen-bond donors (Lipinski definition) is 2. The molecule has 0 bridgehead atoms. The van der Waals surface area contributed by atoms with E-state index in [2.05, 4.69) is 20.2 Å². The topological polar surface area (TPSA) is 66.5 Å². The Kier molecular flexibility index (Phi) is 6.20. The maximum atomic E-state index is 6.05. The molecule has 0 aromatic carbocycles. The lowest BCUT2D eigenvalue weighted by Gasteiger charge is -2.32. The summed E-state index contributed by atoms with van der Waals surface area (Å²) in [6, 6.07) is 0. The van der Waals surface area contributed by atoms with Crippen molar-refractivity contribution in [3.63, 3.8) is 0 Å². The minimum atomic E-state index is 0.650. The van der Waals surface area contributed by atoms with Crippen LogP contribution in [0, 0.1) is 5.92 Å². The summed E-state index contributed by atoms with van der Waals surface area (Å²) in [5.74, 6) is 0.650. The smallest absolute Gasteiger partial charge is 0.182 e. The van der Waals surface area contributed by atoms with Crippen molar-refractivity contribution in [2.45, 2.75) is 25.8 Å². The van der Waals surface area contributed by atoms with Crippen molar-refractivity contribution < 1.29 is 0 Å². The van der Waals surface area contributed by atoms with Crippen LogP contribution in [0.2, 0.25) is 0 Å². The van der Waals surface area contributed by atoms with Crippen LogP contribution in [-0.4, -0.2) is 43.3 Å². The largest absolute Gasteiger partial charge is 0.402 e. The fourth-order valence-electron chi connectivity index (χ4n) is 2.75. The number of nitrogens with one attached hydrogen (secondary N) is 1. The Morgan fingerprint density at radius 3 is 3.24 bits per heavy atom. The Balaban J connectivity index is 1.85. The Morgan fingerprint density at radius 1 is 1.67 bits per heavy atom. The first-order valence-corrected chi connectivity index (χ1v) is 8.24. The van der Waals surface area contributed by atoms with Crippen LogP contribution in [0.1, 0.15) is 24.1 Å². The van der Waals surface area contributed by atoms with Crippen molar-refractivity contribution in [1.29, 1.82) is 0 Å². The monoisotopic (exact) mass is 307 g/mol. The number of aliphatic imine (C=N–C) groups is 1. The second-order valence-electron chi connectivity index (χ2n) is 5.48. The van der Waals surface area contributed by atoms with Crippen LogP contribution >= 0.6 is 11.3 Å². The van der Waals surface area contributed by atoms with E-state index in [9.17, 15) is 0 Å². The highest BCUT2D eigenvalue weighted by molar-refractivity contribution is 7.15. The van der Waals surface area contributed by atoms with Crippen LogP contribution < -0.4 is 11.1 Å². The van der Waals surface area contributed by atoms with E-state index < -0.39 is 0 Å². The lowest BCUT2D eigenvalue weighted by Crippen LogP contribution is -2.35. The van der Waals surface area contributed by atoms with Crippen LogP contribution in [0.25, 0.3) is 0 Å². The molecule has 0 aliphatic carbocycles. The minimum Gasteiger partial charge on any atom is -0.402 e. The number of anilines is 1. The van der Waals surface area contributed by atoms with Crippen molar-refractivity contribution in [3.05, 3.63) is 22.8 Å². The number of piperidine rings is 1. The third-order valence-corrected chi connectivity index (χ3v) is 4.71. The average molecular weight is 307 g/mol. The molecule has 1 atom stereocenters. The van der Waals surface area contributed by atoms with Gasteiger partial charge in [0, 0.05) is 50.2 Å². The molecule has 1 aliphatic rings. The average Bonchev–Trinajstić information content (AvgIpc) is 2.93. The predicted octanol–water partition coefficient (Wildman–Crippen LogP) is 2.33. The molecule has 1 fully saturated rings. The number of aromatic nitrogens is 1. The molecule has 3 N–H and O–H groups in total. The lowest BCUT2D eigenvalue weighted by molar-refractivity contribution is 0.168. The quantitative estimate of drug-likeness (QED) is 0.792. The summed E-state index contributed by atoms with van der Waals surface area (Å²) in [6.07, 6.45) is 9.14. The van der Waals surface area contributed by atoms with E-state index in [0.717, 1.165) is 30.3 Å². The van der Waals surface area contributed by atoms with Gasteiger partial charge in [-0.1, -0.05) is 0 Å². The first kappa shape index (κ1) is 16.0. The second kappa shape index (κ2) is 8.14. The highest BCUT2D eigenvalue weighted by Crippen LogP contribution is 2.25. The Morgan fingerprint density at radius 2 is 2.52 bits per heavy atom. The molecule has 0 spiro atoms. The Hall–Kier alpha value is -1.40. The number of rotatable bonds is 6. The van der Waals surface area contributed by atoms with Crippen LogP contribution in [0.4, 0.5) is 5.13 Å². The van der Waals surface area contributed by atoms with Gasteiger partial charge in [-0.2, -0.15) is 0 Å². The van der Waals surface area contributed by atoms with E-state index in [-0.39, 0.29) is 0 Å². The second-order valence-corrected chi connectivity index (χ2v) is 6.59. The summed E-state index contributed by atoms with van der Waals surface area (Å²) in [6.45, 7) is 3.28. The highest BCUT2D eigenvalue weighted by Gasteiger charge is 2.20. The van der Waals surface area contributed by atoms with E-state index in [0.29, 0.717) is 5.92 Å². The summed E-state index contributed by atoms with van der Waals surface area (Å²) >= 11 is 1.74. The summed E-state index contributed by atoms with van der Waals surface area (Å²) < 4.78 is 0. The van der Waals surface area contributed by atoms with Gasteiger partial charge >= 0.3 is 0 Å². The molecule has 2 heterocycles. The van der Waals surface area contributed by atoms with Crippen LogP contribution in [0.15, 0.2) is 23.0 Å². The molecule has 116 valence electrons. The predicted molar refractivity (Wildman–Crippen MR) is 91.0 cm³/mol. The number of hydrogen-bond acceptors (Lipinski definition) is 6.